The Morgan fingerprint density at radius 3 is 2.46 bits per heavy atom. The molecule has 1 amide bonds. The highest BCUT2D eigenvalue weighted by Gasteiger charge is 2.22. The number of pyridine rings is 1. The number of carbonyl (C=O) groups excluding carboxylic acids is 1. The van der Waals surface area contributed by atoms with Gasteiger partial charge in [0.25, 0.3) is 0 Å². The van der Waals surface area contributed by atoms with Crippen LogP contribution in [-0.2, 0) is 11.2 Å². The average Bonchev–Trinajstić information content (AvgIpc) is 3.45. The first-order chi connectivity index (χ1) is 18.9. The number of ether oxygens (including phenoxy) is 2. The van der Waals surface area contributed by atoms with Gasteiger partial charge in [-0.2, -0.15) is 4.98 Å². The van der Waals surface area contributed by atoms with Crippen LogP contribution in [0.3, 0.4) is 0 Å². The largest absolute Gasteiger partial charge is 0.495 e. The van der Waals surface area contributed by atoms with Crippen molar-refractivity contribution >= 4 is 63.1 Å². The summed E-state index contributed by atoms with van der Waals surface area (Å²) in [6.45, 7) is 5.58. The molecule has 0 atom stereocenters. The lowest BCUT2D eigenvalue weighted by Crippen LogP contribution is -2.10. The number of hydrogen-bond acceptors (Lipinski definition) is 7. The number of aryl methyl sites for hydroxylation is 1. The SMILES string of the molecule is C=CC(=O)Nc1cc(CC)ccc1Nc1ncc2cc(-c3c(Cl)c(OC)cc(OC)c3Cl)c3nccn3c2n1. The molecule has 9 nitrogen and oxygen atoms in total. The van der Waals surface area contributed by atoms with Gasteiger partial charge in [0.15, 0.2) is 5.65 Å². The van der Waals surface area contributed by atoms with Gasteiger partial charge in [-0.1, -0.05) is 42.8 Å². The van der Waals surface area contributed by atoms with Gasteiger partial charge in [0.05, 0.1) is 35.6 Å². The Morgan fingerprint density at radius 1 is 1.05 bits per heavy atom. The third-order valence-electron chi connectivity index (χ3n) is 6.23. The molecule has 3 aromatic heterocycles. The Bertz CT molecular complexity index is 1720. The average molecular weight is 563 g/mol. The van der Waals surface area contributed by atoms with Crippen molar-refractivity contribution in [1.29, 1.82) is 0 Å². The lowest BCUT2D eigenvalue weighted by Gasteiger charge is -2.16. The summed E-state index contributed by atoms with van der Waals surface area (Å²) in [6.07, 6.45) is 7.19. The van der Waals surface area contributed by atoms with Crippen LogP contribution in [-0.4, -0.2) is 39.5 Å². The van der Waals surface area contributed by atoms with Gasteiger partial charge in [-0.15, -0.1) is 0 Å². The number of amides is 1. The fraction of sp³-hybridized carbons (Fsp3) is 0.143. The van der Waals surface area contributed by atoms with E-state index in [1.54, 1.807) is 24.7 Å². The van der Waals surface area contributed by atoms with Gasteiger partial charge >= 0.3 is 0 Å². The quantitative estimate of drug-likeness (QED) is 0.203. The zero-order chi connectivity index (χ0) is 27.7. The van der Waals surface area contributed by atoms with E-state index in [0.29, 0.717) is 61.3 Å². The molecule has 0 unspecified atom stereocenters. The van der Waals surface area contributed by atoms with E-state index < -0.39 is 0 Å². The minimum Gasteiger partial charge on any atom is -0.495 e. The summed E-state index contributed by atoms with van der Waals surface area (Å²) >= 11 is 13.4. The molecular weight excluding hydrogens is 539 g/mol. The molecule has 0 aliphatic heterocycles. The van der Waals surface area contributed by atoms with E-state index in [-0.39, 0.29) is 5.91 Å². The lowest BCUT2D eigenvalue weighted by molar-refractivity contribution is -0.111. The highest BCUT2D eigenvalue weighted by molar-refractivity contribution is 6.41. The fourth-order valence-corrected chi connectivity index (χ4v) is 4.97. The molecule has 0 spiro atoms. The third-order valence-corrected chi connectivity index (χ3v) is 6.98. The third kappa shape index (κ3) is 4.82. The van der Waals surface area contributed by atoms with Crippen LogP contribution in [0.4, 0.5) is 17.3 Å². The molecule has 5 aromatic rings. The summed E-state index contributed by atoms with van der Waals surface area (Å²) in [7, 11) is 3.05. The van der Waals surface area contributed by atoms with E-state index in [1.807, 2.05) is 35.6 Å². The van der Waals surface area contributed by atoms with Crippen molar-refractivity contribution in [3.63, 3.8) is 0 Å². The molecule has 39 heavy (non-hydrogen) atoms. The van der Waals surface area contributed by atoms with Gasteiger partial charge in [0.1, 0.15) is 17.1 Å². The van der Waals surface area contributed by atoms with Crippen LogP contribution in [0.25, 0.3) is 27.8 Å². The van der Waals surface area contributed by atoms with Crippen LogP contribution in [0.15, 0.2) is 61.6 Å². The summed E-state index contributed by atoms with van der Waals surface area (Å²) in [4.78, 5) is 25.8. The number of benzene rings is 2. The maximum absolute atomic E-state index is 12.0. The van der Waals surface area contributed by atoms with Crippen LogP contribution in [0.5, 0.6) is 11.5 Å². The standard InChI is InChI=1S/C28H24Cl2N6O3/c1-5-15-7-8-18(19(11-15)33-22(37)6-2)34-28-32-14-16-12-17(27-31-9-10-36(27)26(16)35-28)23-24(29)20(38-3)13-21(39-4)25(23)30/h6-14H,2,5H2,1,3-4H3,(H,33,37)(H,32,34,35). The number of halogens is 2. The van der Waals surface area contributed by atoms with Crippen LogP contribution in [0.1, 0.15) is 12.5 Å². The van der Waals surface area contributed by atoms with Crippen molar-refractivity contribution in [2.45, 2.75) is 13.3 Å². The van der Waals surface area contributed by atoms with Crippen LogP contribution >= 0.6 is 23.2 Å². The van der Waals surface area contributed by atoms with Gasteiger partial charge in [-0.05, 0) is 36.3 Å². The first-order valence-corrected chi connectivity index (χ1v) is 12.7. The predicted molar refractivity (Wildman–Crippen MR) is 155 cm³/mol. The number of aromatic nitrogens is 4. The van der Waals surface area contributed by atoms with Gasteiger partial charge in [0.2, 0.25) is 11.9 Å². The summed E-state index contributed by atoms with van der Waals surface area (Å²) < 4.78 is 12.7. The maximum atomic E-state index is 12.0. The number of methoxy groups -OCH3 is 2. The number of fused-ring (bicyclic) bond motifs is 3. The minimum atomic E-state index is -0.315. The molecule has 0 saturated heterocycles. The van der Waals surface area contributed by atoms with E-state index in [0.717, 1.165) is 17.4 Å². The second-order valence-corrected chi connectivity index (χ2v) is 9.24. The van der Waals surface area contributed by atoms with Gasteiger partial charge in [-0.25, -0.2) is 9.97 Å². The molecule has 3 heterocycles. The highest BCUT2D eigenvalue weighted by Crippen LogP contribution is 2.47. The number of hydrogen-bond donors (Lipinski definition) is 2. The van der Waals surface area contributed by atoms with Crippen molar-refractivity contribution in [1.82, 2.24) is 19.4 Å². The fourth-order valence-electron chi connectivity index (χ4n) is 4.26. The van der Waals surface area contributed by atoms with Crippen LogP contribution in [0, 0.1) is 0 Å². The van der Waals surface area contributed by atoms with E-state index >= 15 is 0 Å². The van der Waals surface area contributed by atoms with Crippen molar-refractivity contribution < 1.29 is 14.3 Å². The first-order valence-electron chi connectivity index (χ1n) is 11.9. The van der Waals surface area contributed by atoms with Gasteiger partial charge in [0, 0.05) is 41.2 Å². The van der Waals surface area contributed by atoms with Crippen molar-refractivity contribution in [2.75, 3.05) is 24.9 Å². The number of rotatable bonds is 8. The number of carbonyl (C=O) groups is 1. The molecule has 0 aliphatic rings. The zero-order valence-corrected chi connectivity index (χ0v) is 22.9. The summed E-state index contributed by atoms with van der Waals surface area (Å²) in [5.74, 6) is 0.858. The van der Waals surface area contributed by atoms with E-state index in [2.05, 4.69) is 27.2 Å². The van der Waals surface area contributed by atoms with Crippen LogP contribution in [0.2, 0.25) is 10.0 Å². The molecule has 11 heteroatoms. The lowest BCUT2D eigenvalue weighted by atomic mass is 10.0. The number of nitrogens with one attached hydrogen (secondary N) is 2. The Hall–Kier alpha value is -4.34. The second-order valence-electron chi connectivity index (χ2n) is 8.49. The van der Waals surface area contributed by atoms with Gasteiger partial charge in [-0.3, -0.25) is 9.20 Å². The molecule has 0 saturated carbocycles. The molecule has 5 rings (SSSR count). The molecule has 0 aliphatic carbocycles. The van der Waals surface area contributed by atoms with Crippen LogP contribution < -0.4 is 20.1 Å². The predicted octanol–water partition coefficient (Wildman–Crippen LogP) is 6.70. The molecular formula is C28H24Cl2N6O3. The summed E-state index contributed by atoms with van der Waals surface area (Å²) in [5, 5.41) is 7.43. The van der Waals surface area contributed by atoms with Crippen molar-refractivity contribution in [3.8, 4) is 22.6 Å². The monoisotopic (exact) mass is 562 g/mol. The highest BCUT2D eigenvalue weighted by atomic mass is 35.5. The van der Waals surface area contributed by atoms with E-state index in [9.17, 15) is 4.79 Å². The second kappa shape index (κ2) is 10.8. The molecule has 0 radical (unpaired) electrons. The molecule has 0 fully saturated rings. The minimum absolute atomic E-state index is 0.315. The number of anilines is 3. The van der Waals surface area contributed by atoms with Gasteiger partial charge < -0.3 is 20.1 Å². The topological polar surface area (TPSA) is 103 Å². The zero-order valence-electron chi connectivity index (χ0n) is 21.4. The maximum Gasteiger partial charge on any atom is 0.247 e. The molecule has 0 bridgehead atoms. The van der Waals surface area contributed by atoms with Crippen molar-refractivity contribution in [2.24, 2.45) is 0 Å². The number of nitrogens with zero attached hydrogens (tertiary/aromatic N) is 4. The number of imidazole rings is 1. The molecule has 2 N–H and O–H groups in total. The molecule has 198 valence electrons. The Labute approximate surface area is 234 Å². The van der Waals surface area contributed by atoms with Crippen molar-refractivity contribution in [3.05, 3.63) is 77.2 Å². The Kier molecular flexibility index (Phi) is 7.28. The normalized spacial score (nSPS) is 11.0. The van der Waals surface area contributed by atoms with E-state index in [4.69, 9.17) is 37.7 Å². The molecule has 2 aromatic carbocycles. The Balaban J connectivity index is 1.63. The summed E-state index contributed by atoms with van der Waals surface area (Å²) in [6, 6.07) is 9.27. The van der Waals surface area contributed by atoms with E-state index in [1.165, 1.54) is 20.3 Å². The smallest absolute Gasteiger partial charge is 0.247 e. The first kappa shape index (κ1) is 26.3. The summed E-state index contributed by atoms with van der Waals surface area (Å²) in [5.41, 5.74) is 4.68. The Morgan fingerprint density at radius 2 is 1.79 bits per heavy atom.